The number of hydrazine groups is 1. The van der Waals surface area contributed by atoms with Crippen molar-refractivity contribution in [3.63, 3.8) is 0 Å². The van der Waals surface area contributed by atoms with Crippen LogP contribution in [-0.2, 0) is 9.47 Å². The van der Waals surface area contributed by atoms with Crippen LogP contribution in [0.15, 0.2) is 18.2 Å². The van der Waals surface area contributed by atoms with Crippen molar-refractivity contribution in [2.75, 3.05) is 18.2 Å². The molecule has 2 amide bonds. The number of carbonyl (C=O) groups excluding carboxylic acids is 2. The quantitative estimate of drug-likeness (QED) is 0.864. The van der Waals surface area contributed by atoms with Crippen molar-refractivity contribution in [2.45, 2.75) is 27.7 Å². The Balaban J connectivity index is 3.10. The minimum absolute atomic E-state index is 0.213. The molecule has 0 aliphatic rings. The van der Waals surface area contributed by atoms with Gasteiger partial charge in [0.2, 0.25) is 0 Å². The zero-order valence-electron chi connectivity index (χ0n) is 12.2. The highest BCUT2D eigenvalue weighted by Gasteiger charge is 2.23. The molecule has 0 bridgehead atoms. The topological polar surface area (TPSA) is 67.9 Å². The molecule has 0 radical (unpaired) electrons. The molecule has 0 saturated heterocycles. The van der Waals surface area contributed by atoms with Crippen molar-refractivity contribution in [3.8, 4) is 0 Å². The fraction of sp³-hybridized carbons (Fsp3) is 0.429. The third-order valence-corrected chi connectivity index (χ3v) is 2.59. The van der Waals surface area contributed by atoms with Crippen molar-refractivity contribution in [1.82, 2.24) is 5.43 Å². The van der Waals surface area contributed by atoms with Crippen LogP contribution in [0, 0.1) is 13.8 Å². The van der Waals surface area contributed by atoms with Crippen molar-refractivity contribution < 1.29 is 19.1 Å². The number of aryl methyl sites for hydroxylation is 2. The summed E-state index contributed by atoms with van der Waals surface area (Å²) in [7, 11) is 0. The lowest BCUT2D eigenvalue weighted by Gasteiger charge is -2.25. The molecule has 20 heavy (non-hydrogen) atoms. The Labute approximate surface area is 118 Å². The lowest BCUT2D eigenvalue weighted by molar-refractivity contribution is 0.138. The molecular formula is C14H20N2O4. The maximum atomic E-state index is 12.0. The van der Waals surface area contributed by atoms with Gasteiger partial charge in [-0.25, -0.2) is 15.0 Å². The van der Waals surface area contributed by atoms with E-state index in [1.807, 2.05) is 32.0 Å². The first-order valence-corrected chi connectivity index (χ1v) is 6.47. The summed E-state index contributed by atoms with van der Waals surface area (Å²) in [5, 5.41) is 1.08. The molecule has 110 valence electrons. The molecule has 0 fully saturated rings. The first-order chi connectivity index (χ1) is 9.51. The number of hydrogen-bond acceptors (Lipinski definition) is 4. The predicted molar refractivity (Wildman–Crippen MR) is 75.6 cm³/mol. The number of para-hydroxylation sites is 1. The lowest BCUT2D eigenvalue weighted by Crippen LogP contribution is -2.47. The van der Waals surface area contributed by atoms with E-state index in [0.717, 1.165) is 16.1 Å². The normalized spacial score (nSPS) is 9.80. The zero-order valence-corrected chi connectivity index (χ0v) is 12.2. The summed E-state index contributed by atoms with van der Waals surface area (Å²) in [4.78, 5) is 23.6. The highest BCUT2D eigenvalue weighted by Crippen LogP contribution is 2.24. The van der Waals surface area contributed by atoms with E-state index in [0.29, 0.717) is 5.69 Å². The van der Waals surface area contributed by atoms with Gasteiger partial charge in [-0.1, -0.05) is 18.2 Å². The molecule has 1 rings (SSSR count). The van der Waals surface area contributed by atoms with Crippen molar-refractivity contribution in [3.05, 3.63) is 29.3 Å². The summed E-state index contributed by atoms with van der Waals surface area (Å²) in [6, 6.07) is 5.57. The number of ether oxygens (including phenoxy) is 2. The van der Waals surface area contributed by atoms with Crippen LogP contribution in [0.5, 0.6) is 0 Å². The minimum Gasteiger partial charge on any atom is -0.449 e. The average molecular weight is 280 g/mol. The molecule has 0 aliphatic heterocycles. The molecule has 0 heterocycles. The van der Waals surface area contributed by atoms with Gasteiger partial charge in [0.1, 0.15) is 0 Å². The smallest absolute Gasteiger partial charge is 0.433 e. The molecule has 0 aromatic heterocycles. The summed E-state index contributed by atoms with van der Waals surface area (Å²) in [6.07, 6.45) is -1.36. The molecular weight excluding hydrogens is 260 g/mol. The summed E-state index contributed by atoms with van der Waals surface area (Å²) in [6.45, 7) is 7.52. The molecule has 0 atom stereocenters. The van der Waals surface area contributed by atoms with E-state index >= 15 is 0 Å². The average Bonchev–Trinajstić information content (AvgIpc) is 2.37. The van der Waals surface area contributed by atoms with Crippen molar-refractivity contribution in [1.29, 1.82) is 0 Å². The number of carbonyl (C=O) groups is 2. The Hall–Kier alpha value is -2.24. The molecule has 0 spiro atoms. The molecule has 6 heteroatoms. The van der Waals surface area contributed by atoms with Gasteiger partial charge >= 0.3 is 12.2 Å². The summed E-state index contributed by atoms with van der Waals surface area (Å²) >= 11 is 0. The van der Waals surface area contributed by atoms with Crippen LogP contribution >= 0.6 is 0 Å². The molecule has 1 N–H and O–H groups in total. The van der Waals surface area contributed by atoms with Gasteiger partial charge in [-0.2, -0.15) is 5.01 Å². The largest absolute Gasteiger partial charge is 0.449 e. The van der Waals surface area contributed by atoms with Crippen LogP contribution in [0.2, 0.25) is 0 Å². The molecule has 6 nitrogen and oxygen atoms in total. The summed E-state index contributed by atoms with van der Waals surface area (Å²) < 4.78 is 9.77. The van der Waals surface area contributed by atoms with Gasteiger partial charge in [0.05, 0.1) is 18.9 Å². The number of rotatable bonds is 3. The van der Waals surface area contributed by atoms with Gasteiger partial charge in [0.15, 0.2) is 0 Å². The Morgan fingerprint density at radius 2 is 1.65 bits per heavy atom. The van der Waals surface area contributed by atoms with E-state index in [1.165, 1.54) is 0 Å². The van der Waals surface area contributed by atoms with Crippen LogP contribution in [0.1, 0.15) is 25.0 Å². The SMILES string of the molecule is CCOC(=O)NN(C(=O)OCC)c1c(C)cccc1C. The summed E-state index contributed by atoms with van der Waals surface area (Å²) in [5.41, 5.74) is 4.67. The second kappa shape index (κ2) is 7.37. The number of anilines is 1. The van der Waals surface area contributed by atoms with E-state index in [2.05, 4.69) is 5.43 Å². The Morgan fingerprint density at radius 1 is 1.10 bits per heavy atom. The van der Waals surface area contributed by atoms with Gasteiger partial charge < -0.3 is 9.47 Å². The summed E-state index contributed by atoms with van der Waals surface area (Å²) in [5.74, 6) is 0. The van der Waals surface area contributed by atoms with E-state index in [-0.39, 0.29) is 13.2 Å². The maximum absolute atomic E-state index is 12.0. The van der Waals surface area contributed by atoms with Gasteiger partial charge in [0, 0.05) is 0 Å². The van der Waals surface area contributed by atoms with E-state index in [9.17, 15) is 9.59 Å². The Bertz CT molecular complexity index is 468. The molecule has 0 unspecified atom stereocenters. The standard InChI is InChI=1S/C14H20N2O4/c1-5-19-13(17)15-16(14(18)20-6-2)12-10(3)8-7-9-11(12)4/h7-9H,5-6H2,1-4H3,(H,15,17). The van der Waals surface area contributed by atoms with Crippen LogP contribution in [0.25, 0.3) is 0 Å². The Morgan fingerprint density at radius 3 is 2.15 bits per heavy atom. The van der Waals surface area contributed by atoms with E-state index in [4.69, 9.17) is 9.47 Å². The van der Waals surface area contributed by atoms with E-state index in [1.54, 1.807) is 13.8 Å². The van der Waals surface area contributed by atoms with Crippen molar-refractivity contribution in [2.24, 2.45) is 0 Å². The number of amides is 2. The highest BCUT2D eigenvalue weighted by atomic mass is 16.6. The van der Waals surface area contributed by atoms with Crippen molar-refractivity contribution >= 4 is 17.9 Å². The number of nitrogens with zero attached hydrogens (tertiary/aromatic N) is 1. The van der Waals surface area contributed by atoms with E-state index < -0.39 is 12.2 Å². The fourth-order valence-electron chi connectivity index (χ4n) is 1.79. The van der Waals surface area contributed by atoms with Crippen LogP contribution < -0.4 is 10.4 Å². The molecule has 0 saturated carbocycles. The van der Waals surface area contributed by atoms with Gasteiger partial charge in [-0.15, -0.1) is 0 Å². The monoisotopic (exact) mass is 280 g/mol. The number of benzene rings is 1. The molecule has 0 aliphatic carbocycles. The van der Waals surface area contributed by atoms with Gasteiger partial charge in [-0.05, 0) is 38.8 Å². The third kappa shape index (κ3) is 3.88. The lowest BCUT2D eigenvalue weighted by atomic mass is 10.1. The van der Waals surface area contributed by atoms with Crippen LogP contribution in [-0.4, -0.2) is 25.4 Å². The maximum Gasteiger partial charge on any atom is 0.433 e. The second-order valence-corrected chi connectivity index (χ2v) is 4.11. The number of hydrogen-bond donors (Lipinski definition) is 1. The first kappa shape index (κ1) is 15.8. The molecule has 1 aromatic rings. The molecule has 1 aromatic carbocycles. The fourth-order valence-corrected chi connectivity index (χ4v) is 1.79. The first-order valence-electron chi connectivity index (χ1n) is 6.47. The number of nitrogens with one attached hydrogen (secondary N) is 1. The van der Waals surface area contributed by atoms with Gasteiger partial charge in [-0.3, -0.25) is 0 Å². The third-order valence-electron chi connectivity index (χ3n) is 2.59. The Kier molecular flexibility index (Phi) is 5.83. The predicted octanol–water partition coefficient (Wildman–Crippen LogP) is 2.93. The van der Waals surface area contributed by atoms with Gasteiger partial charge in [0.25, 0.3) is 0 Å². The highest BCUT2D eigenvalue weighted by molar-refractivity contribution is 5.92. The minimum atomic E-state index is -0.705. The van der Waals surface area contributed by atoms with Crippen LogP contribution in [0.4, 0.5) is 15.3 Å². The second-order valence-electron chi connectivity index (χ2n) is 4.11. The van der Waals surface area contributed by atoms with Crippen LogP contribution in [0.3, 0.4) is 0 Å². The zero-order chi connectivity index (χ0) is 15.1.